The molecule has 0 saturated carbocycles. The lowest BCUT2D eigenvalue weighted by atomic mass is 9.90. The molecule has 1 fully saturated rings. The van der Waals surface area contributed by atoms with E-state index in [0.29, 0.717) is 32.7 Å². The van der Waals surface area contributed by atoms with Gasteiger partial charge in [0.1, 0.15) is 0 Å². The molecule has 0 aromatic heterocycles. The normalized spacial score (nSPS) is 16.7. The van der Waals surface area contributed by atoms with Crippen LogP contribution in [0, 0.1) is 0 Å². The van der Waals surface area contributed by atoms with Crippen LogP contribution < -0.4 is 0 Å². The van der Waals surface area contributed by atoms with Gasteiger partial charge in [-0.05, 0) is 11.1 Å². The maximum Gasteiger partial charge on any atom is 0.234 e. The van der Waals surface area contributed by atoms with Crippen molar-refractivity contribution in [3.63, 3.8) is 0 Å². The molecule has 138 valence electrons. The predicted octanol–water partition coefficient (Wildman–Crippen LogP) is 1.32. The second kappa shape index (κ2) is 8.94. The average Bonchev–Trinajstić information content (AvgIpc) is 2.70. The van der Waals surface area contributed by atoms with Gasteiger partial charge in [0.15, 0.2) is 0 Å². The number of aliphatic hydroxyl groups is 2. The highest BCUT2D eigenvalue weighted by Crippen LogP contribution is 2.27. The fourth-order valence-electron chi connectivity index (χ4n) is 3.46. The van der Waals surface area contributed by atoms with Gasteiger partial charge in [-0.1, -0.05) is 60.7 Å². The van der Waals surface area contributed by atoms with Crippen LogP contribution in [0.3, 0.4) is 0 Å². The minimum Gasteiger partial charge on any atom is -0.394 e. The molecule has 1 heterocycles. The molecule has 0 bridgehead atoms. The van der Waals surface area contributed by atoms with Crippen LogP contribution in [-0.2, 0) is 4.79 Å². The first-order valence-electron chi connectivity index (χ1n) is 9.09. The van der Waals surface area contributed by atoms with Crippen molar-refractivity contribution < 1.29 is 15.0 Å². The summed E-state index contributed by atoms with van der Waals surface area (Å²) in [5, 5.41) is 18.6. The van der Waals surface area contributed by atoms with Crippen molar-refractivity contribution in [2.24, 2.45) is 0 Å². The Hall–Kier alpha value is -2.21. The van der Waals surface area contributed by atoms with Gasteiger partial charge >= 0.3 is 0 Å². The highest BCUT2D eigenvalue weighted by atomic mass is 16.3. The fraction of sp³-hybridized carbons (Fsp3) is 0.381. The minimum absolute atomic E-state index is 0.116. The summed E-state index contributed by atoms with van der Waals surface area (Å²) >= 11 is 0. The van der Waals surface area contributed by atoms with E-state index in [1.807, 2.05) is 65.6 Å². The zero-order chi connectivity index (χ0) is 18.4. The van der Waals surface area contributed by atoms with Crippen LogP contribution in [0.2, 0.25) is 0 Å². The smallest absolute Gasteiger partial charge is 0.234 e. The number of β-amino-alcohol motifs (C(OH)–C–C–N with tert-alkyl or cyclic N) is 1. The molecule has 1 amide bonds. The van der Waals surface area contributed by atoms with Crippen LogP contribution in [0.4, 0.5) is 0 Å². The van der Waals surface area contributed by atoms with Crippen molar-refractivity contribution in [2.45, 2.75) is 12.0 Å². The summed E-state index contributed by atoms with van der Waals surface area (Å²) in [6.07, 6.45) is -0.723. The Morgan fingerprint density at radius 3 is 1.85 bits per heavy atom. The second-order valence-electron chi connectivity index (χ2n) is 6.72. The number of rotatable bonds is 6. The Morgan fingerprint density at radius 1 is 0.885 bits per heavy atom. The standard InChI is InChI=1S/C21H26N2O3/c24-16-19(25)15-22-11-13-23(14-12-22)21(26)20(17-7-3-1-4-8-17)18-9-5-2-6-10-18/h1-10,19-20,24-25H,11-16H2. The summed E-state index contributed by atoms with van der Waals surface area (Å²) in [6.45, 7) is 2.89. The molecule has 1 aliphatic heterocycles. The number of benzene rings is 2. The maximum atomic E-state index is 13.3. The highest BCUT2D eigenvalue weighted by Gasteiger charge is 2.30. The molecule has 0 aliphatic carbocycles. The SMILES string of the molecule is O=C(C(c1ccccc1)c1ccccc1)N1CCN(CC(O)CO)CC1. The Balaban J connectivity index is 1.73. The second-order valence-corrected chi connectivity index (χ2v) is 6.72. The van der Waals surface area contributed by atoms with Crippen molar-refractivity contribution in [1.82, 2.24) is 9.80 Å². The molecule has 3 rings (SSSR count). The molecule has 1 aliphatic rings. The van der Waals surface area contributed by atoms with Gasteiger partial charge in [-0.25, -0.2) is 0 Å². The van der Waals surface area contributed by atoms with Crippen molar-refractivity contribution in [2.75, 3.05) is 39.3 Å². The minimum atomic E-state index is -0.723. The van der Waals surface area contributed by atoms with Crippen molar-refractivity contribution in [3.8, 4) is 0 Å². The van der Waals surface area contributed by atoms with E-state index in [9.17, 15) is 9.90 Å². The summed E-state index contributed by atoms with van der Waals surface area (Å²) in [7, 11) is 0. The summed E-state index contributed by atoms with van der Waals surface area (Å²) in [5.74, 6) is -0.184. The van der Waals surface area contributed by atoms with Gasteiger partial charge in [0.2, 0.25) is 5.91 Å². The third-order valence-electron chi connectivity index (χ3n) is 4.88. The molecule has 2 N–H and O–H groups in total. The zero-order valence-electron chi connectivity index (χ0n) is 14.9. The van der Waals surface area contributed by atoms with Gasteiger partial charge in [-0.2, -0.15) is 0 Å². The Morgan fingerprint density at radius 2 is 1.38 bits per heavy atom. The van der Waals surface area contributed by atoms with Crippen LogP contribution >= 0.6 is 0 Å². The number of amides is 1. The Labute approximate surface area is 154 Å². The lowest BCUT2D eigenvalue weighted by Gasteiger charge is -2.37. The number of hydrogen-bond acceptors (Lipinski definition) is 4. The molecule has 1 atom stereocenters. The first-order valence-corrected chi connectivity index (χ1v) is 9.09. The summed E-state index contributed by atoms with van der Waals surface area (Å²) in [6, 6.07) is 19.8. The van der Waals surface area contributed by atoms with Gasteiger partial charge in [0.25, 0.3) is 0 Å². The van der Waals surface area contributed by atoms with Gasteiger partial charge < -0.3 is 15.1 Å². The van der Waals surface area contributed by atoms with E-state index in [1.54, 1.807) is 0 Å². The van der Waals surface area contributed by atoms with E-state index in [4.69, 9.17) is 5.11 Å². The zero-order valence-corrected chi connectivity index (χ0v) is 14.9. The maximum absolute atomic E-state index is 13.3. The highest BCUT2D eigenvalue weighted by molar-refractivity contribution is 5.87. The molecule has 1 unspecified atom stereocenters. The van der Waals surface area contributed by atoms with Crippen LogP contribution in [0.15, 0.2) is 60.7 Å². The van der Waals surface area contributed by atoms with E-state index < -0.39 is 6.10 Å². The van der Waals surface area contributed by atoms with Gasteiger partial charge in [-0.15, -0.1) is 0 Å². The topological polar surface area (TPSA) is 64.0 Å². The summed E-state index contributed by atoms with van der Waals surface area (Å²) in [4.78, 5) is 17.3. The lowest BCUT2D eigenvalue weighted by Crippen LogP contribution is -2.51. The molecular weight excluding hydrogens is 328 g/mol. The van der Waals surface area contributed by atoms with E-state index in [-0.39, 0.29) is 18.4 Å². The number of aliphatic hydroxyl groups excluding tert-OH is 2. The van der Waals surface area contributed by atoms with Gasteiger partial charge in [-0.3, -0.25) is 9.69 Å². The van der Waals surface area contributed by atoms with Crippen molar-refractivity contribution >= 4 is 5.91 Å². The van der Waals surface area contributed by atoms with E-state index >= 15 is 0 Å². The molecule has 5 nitrogen and oxygen atoms in total. The van der Waals surface area contributed by atoms with Gasteiger partial charge in [0, 0.05) is 32.7 Å². The number of carbonyl (C=O) groups excluding carboxylic acids is 1. The van der Waals surface area contributed by atoms with Gasteiger partial charge in [0.05, 0.1) is 18.6 Å². The molecule has 26 heavy (non-hydrogen) atoms. The predicted molar refractivity (Wildman–Crippen MR) is 101 cm³/mol. The van der Waals surface area contributed by atoms with E-state index in [1.165, 1.54) is 0 Å². The Kier molecular flexibility index (Phi) is 6.39. The fourth-order valence-corrected chi connectivity index (χ4v) is 3.46. The number of carbonyl (C=O) groups is 1. The molecule has 1 saturated heterocycles. The van der Waals surface area contributed by atoms with Crippen LogP contribution in [-0.4, -0.2) is 71.4 Å². The van der Waals surface area contributed by atoms with E-state index in [0.717, 1.165) is 11.1 Å². The number of hydrogen-bond donors (Lipinski definition) is 2. The Bertz CT molecular complexity index is 645. The van der Waals surface area contributed by atoms with Crippen molar-refractivity contribution in [3.05, 3.63) is 71.8 Å². The molecule has 0 spiro atoms. The monoisotopic (exact) mass is 354 g/mol. The quantitative estimate of drug-likeness (QED) is 0.821. The van der Waals surface area contributed by atoms with E-state index in [2.05, 4.69) is 4.90 Å². The summed E-state index contributed by atoms with van der Waals surface area (Å²) < 4.78 is 0. The average molecular weight is 354 g/mol. The van der Waals surface area contributed by atoms with Crippen LogP contribution in [0.1, 0.15) is 17.0 Å². The number of piperazine rings is 1. The van der Waals surface area contributed by atoms with Crippen LogP contribution in [0.25, 0.3) is 0 Å². The molecule has 0 radical (unpaired) electrons. The molecule has 5 heteroatoms. The first-order chi connectivity index (χ1) is 12.7. The van der Waals surface area contributed by atoms with Crippen molar-refractivity contribution in [1.29, 1.82) is 0 Å². The first kappa shape index (κ1) is 18.6. The molecular formula is C21H26N2O3. The lowest BCUT2D eigenvalue weighted by molar-refractivity contribution is -0.133. The summed E-state index contributed by atoms with van der Waals surface area (Å²) in [5.41, 5.74) is 2.00. The third kappa shape index (κ3) is 4.49. The third-order valence-corrected chi connectivity index (χ3v) is 4.88. The molecule has 2 aromatic carbocycles. The molecule has 2 aromatic rings. The van der Waals surface area contributed by atoms with Crippen LogP contribution in [0.5, 0.6) is 0 Å². The largest absolute Gasteiger partial charge is 0.394 e. The number of nitrogens with zero attached hydrogens (tertiary/aromatic N) is 2.